The Bertz CT molecular complexity index is 4380. The molecule has 0 saturated carbocycles. The molecule has 0 heterocycles. The van der Waals surface area contributed by atoms with Crippen molar-refractivity contribution in [3.05, 3.63) is 376 Å². The van der Waals surface area contributed by atoms with E-state index in [1.54, 1.807) is 109 Å². The first-order valence-electron chi connectivity index (χ1n) is 32.4. The van der Waals surface area contributed by atoms with Crippen molar-refractivity contribution in [1.82, 2.24) is 0 Å². The fourth-order valence-corrected chi connectivity index (χ4v) is 15.5. The molecule has 0 aliphatic heterocycles. The number of benzene rings is 12. The third-order valence-electron chi connectivity index (χ3n) is 19.3. The molecule has 0 saturated heterocycles. The fraction of sp³-hybridized carbons (Fsp3) is 0.107. The van der Waals surface area contributed by atoms with Crippen molar-refractivity contribution < 1.29 is 46.7 Å². The number of carbonyl (C=O) groups excluding carboxylic acids is 3. The number of phosphoric ester groups is 1. The van der Waals surface area contributed by atoms with Crippen LogP contribution >= 0.6 is 7.82 Å². The lowest BCUT2D eigenvalue weighted by Crippen LogP contribution is -2.47. The summed E-state index contributed by atoms with van der Waals surface area (Å²) in [6, 6.07) is 94.0. The van der Waals surface area contributed by atoms with Crippen molar-refractivity contribution in [3.63, 3.8) is 0 Å². The van der Waals surface area contributed by atoms with Gasteiger partial charge in [0, 0.05) is 17.8 Å². The van der Waals surface area contributed by atoms with E-state index in [4.69, 9.17) is 45.0 Å². The number of carbonyl (C=O) groups is 3. The summed E-state index contributed by atoms with van der Waals surface area (Å²) < 4.78 is 53.6. The van der Waals surface area contributed by atoms with Crippen LogP contribution in [0.25, 0.3) is 33.4 Å². The highest BCUT2D eigenvalue weighted by Gasteiger charge is 2.45. The molecule has 15 rings (SSSR count). The molecule has 3 aliphatic rings. The molecule has 0 aromatic heterocycles. The van der Waals surface area contributed by atoms with Gasteiger partial charge in [-0.05, 0) is 137 Å². The molecular weight excluding hydrogens is 1240 g/mol. The minimum atomic E-state index is -4.88. The lowest BCUT2D eigenvalue weighted by Gasteiger charge is -2.30. The Morgan fingerprint density at radius 2 is 0.449 bits per heavy atom. The summed E-state index contributed by atoms with van der Waals surface area (Å²) in [6.07, 6.45) is 0. The van der Waals surface area contributed by atoms with E-state index in [1.165, 1.54) is 36.4 Å². The Labute approximate surface area is 567 Å². The second kappa shape index (κ2) is 25.9. The maximum atomic E-state index is 15.8. The number of esters is 3. The molecule has 98 heavy (non-hydrogen) atoms. The van der Waals surface area contributed by atoms with Crippen molar-refractivity contribution in [2.45, 2.75) is 34.4 Å². The third kappa shape index (κ3) is 11.3. The Kier molecular flexibility index (Phi) is 16.6. The Morgan fingerprint density at radius 3 is 0.663 bits per heavy atom. The van der Waals surface area contributed by atoms with Gasteiger partial charge in [0.1, 0.15) is 37.1 Å². The summed E-state index contributed by atoms with van der Waals surface area (Å²) in [6.45, 7) is 0.0878. The molecule has 3 atom stereocenters. The number of nitrogens with two attached hydrogens (primary N) is 3. The molecule has 0 fully saturated rings. The van der Waals surface area contributed by atoms with Gasteiger partial charge >= 0.3 is 25.7 Å². The first-order chi connectivity index (χ1) is 47.8. The number of ether oxygens (including phenoxy) is 3. The number of hydrogen-bond acceptors (Lipinski definition) is 13. The average Bonchev–Trinajstić information content (AvgIpc) is 1.77. The van der Waals surface area contributed by atoms with E-state index in [0.29, 0.717) is 33.4 Å². The predicted molar refractivity (Wildman–Crippen MR) is 377 cm³/mol. The van der Waals surface area contributed by atoms with Crippen LogP contribution in [0.4, 0.5) is 0 Å². The van der Waals surface area contributed by atoms with Crippen molar-refractivity contribution in [3.8, 4) is 50.6 Å². The van der Waals surface area contributed by atoms with Crippen molar-refractivity contribution in [1.29, 1.82) is 0 Å². The van der Waals surface area contributed by atoms with Crippen LogP contribution in [0, 0.1) is 0 Å². The van der Waals surface area contributed by atoms with E-state index in [-0.39, 0.29) is 54.8 Å². The van der Waals surface area contributed by atoms with Crippen LogP contribution in [-0.4, -0.2) is 37.7 Å². The monoisotopic (exact) mass is 1310 g/mol. The highest BCUT2D eigenvalue weighted by Crippen LogP contribution is 2.52. The van der Waals surface area contributed by atoms with Crippen LogP contribution in [0.2, 0.25) is 0 Å². The SMILES string of the molecule is NC(C(=O)OCC1c2ccccc2-c2ccccc21)(c1ccccc1)c1ccc(OP(=O)(Oc2ccc(C(N)(C(=O)OCC3c4ccccc4-c4ccccc43)c3ccccc3)cc2)Oc2ccc(C(N)(C(=O)OCC3c4ccccc4-c4ccccc43)c3ccccc3)cc2)cc1. The molecule has 12 aromatic carbocycles. The van der Waals surface area contributed by atoms with Crippen molar-refractivity contribution in [2.24, 2.45) is 17.2 Å². The summed E-state index contributed by atoms with van der Waals surface area (Å²) in [5.74, 6) is -2.73. The van der Waals surface area contributed by atoms with E-state index < -0.39 is 42.3 Å². The highest BCUT2D eigenvalue weighted by molar-refractivity contribution is 7.49. The summed E-state index contributed by atoms with van der Waals surface area (Å²) in [7, 11) is -4.88. The molecule has 0 spiro atoms. The van der Waals surface area contributed by atoms with Crippen molar-refractivity contribution >= 4 is 25.7 Å². The van der Waals surface area contributed by atoms with Crippen LogP contribution in [0.3, 0.4) is 0 Å². The lowest BCUT2D eigenvalue weighted by molar-refractivity contribution is -0.150. The second-order valence-corrected chi connectivity index (χ2v) is 26.2. The smallest absolute Gasteiger partial charge is 0.463 e. The van der Waals surface area contributed by atoms with Gasteiger partial charge in [0.25, 0.3) is 0 Å². The normalized spacial score (nSPS) is 15.2. The summed E-state index contributed by atoms with van der Waals surface area (Å²) >= 11 is 0. The molecule has 482 valence electrons. The first-order valence-corrected chi connectivity index (χ1v) is 33.9. The van der Waals surface area contributed by atoms with Gasteiger partial charge in [-0.1, -0.05) is 273 Å². The lowest BCUT2D eigenvalue weighted by atomic mass is 9.83. The van der Waals surface area contributed by atoms with Crippen LogP contribution in [0.1, 0.15) is 84.5 Å². The summed E-state index contributed by atoms with van der Waals surface area (Å²) in [4.78, 5) is 44.3. The van der Waals surface area contributed by atoms with Crippen LogP contribution < -0.4 is 30.8 Å². The maximum Gasteiger partial charge on any atom is 0.647 e. The van der Waals surface area contributed by atoms with E-state index >= 15 is 4.57 Å². The highest BCUT2D eigenvalue weighted by atomic mass is 31.2. The number of rotatable bonds is 21. The molecule has 14 heteroatoms. The first kappa shape index (κ1) is 62.7. The maximum absolute atomic E-state index is 15.8. The number of fused-ring (bicyclic) bond motifs is 9. The number of hydrogen-bond donors (Lipinski definition) is 3. The predicted octanol–water partition coefficient (Wildman–Crippen LogP) is 16.0. The van der Waals surface area contributed by atoms with Gasteiger partial charge in [0.2, 0.25) is 0 Å². The Hall–Kier alpha value is -11.4. The van der Waals surface area contributed by atoms with Gasteiger partial charge in [-0.25, -0.2) is 14.4 Å². The van der Waals surface area contributed by atoms with Gasteiger partial charge in [0.05, 0.1) is 0 Å². The zero-order chi connectivity index (χ0) is 67.0. The molecule has 3 aliphatic carbocycles. The largest absolute Gasteiger partial charge is 0.647 e. The van der Waals surface area contributed by atoms with E-state index in [1.807, 2.05) is 127 Å². The van der Waals surface area contributed by atoms with Gasteiger partial charge in [-0.3, -0.25) is 0 Å². The van der Waals surface area contributed by atoms with Crippen molar-refractivity contribution in [2.75, 3.05) is 19.8 Å². The van der Waals surface area contributed by atoms with E-state index in [2.05, 4.69) is 36.4 Å². The molecule has 6 N–H and O–H groups in total. The van der Waals surface area contributed by atoms with E-state index in [9.17, 15) is 14.4 Å². The Morgan fingerprint density at radius 1 is 0.265 bits per heavy atom. The molecule has 13 nitrogen and oxygen atoms in total. The second-order valence-electron chi connectivity index (χ2n) is 24.8. The van der Waals surface area contributed by atoms with Gasteiger partial charge in [0.15, 0.2) is 16.6 Å². The molecule has 0 radical (unpaired) electrons. The molecular formula is C84H66N3O10P. The minimum absolute atomic E-state index is 0.00823. The zero-order valence-corrected chi connectivity index (χ0v) is 54.0. The minimum Gasteiger partial charge on any atom is -0.463 e. The van der Waals surface area contributed by atoms with Gasteiger partial charge in [-0.15, -0.1) is 0 Å². The van der Waals surface area contributed by atoms with Gasteiger partial charge in [-0.2, -0.15) is 4.57 Å². The number of phosphoric acid groups is 1. The summed E-state index contributed by atoms with van der Waals surface area (Å²) in [5, 5.41) is 0. The summed E-state index contributed by atoms with van der Waals surface area (Å²) in [5.41, 5.74) is 31.6. The fourth-order valence-electron chi connectivity index (χ4n) is 14.2. The third-order valence-corrected chi connectivity index (χ3v) is 20.6. The zero-order valence-electron chi connectivity index (χ0n) is 53.1. The molecule has 0 amide bonds. The molecule has 12 aromatic rings. The average molecular weight is 1310 g/mol. The molecule has 0 bridgehead atoms. The van der Waals surface area contributed by atoms with Crippen LogP contribution in [-0.2, 0) is 49.8 Å². The quantitative estimate of drug-likeness (QED) is 0.0349. The van der Waals surface area contributed by atoms with E-state index in [0.717, 1.165) is 66.8 Å². The van der Waals surface area contributed by atoms with Crippen LogP contribution in [0.15, 0.2) is 309 Å². The standard InChI is InChI=1S/C84H66N3O10P/c85-82(55-22-4-1-5-23-55,79(88)92-52-76-70-34-16-10-28-64(70)65-29-11-17-35-71(65)76)58-40-46-61(47-41-58)95-98(91,96-62-48-42-59(43-49-62)83(86,56-24-6-2-7-25-56)80(89)93-53-77-72-36-18-12-30-66(72)67-31-13-19-37-73(67)77)97-63-50-44-60(45-51-63)84(87,57-26-8-3-9-27-57)81(90)94-54-78-74-38-20-14-32-68(74)69-33-15-21-39-75(69)78/h1-51,76-78H,52-54,85-87H2. The molecule has 3 unspecified atom stereocenters. The Balaban J connectivity index is 0.732. The van der Waals surface area contributed by atoms with Crippen LogP contribution in [0.5, 0.6) is 17.2 Å². The van der Waals surface area contributed by atoms with Gasteiger partial charge < -0.3 is 45.0 Å². The topological polar surface area (TPSA) is 202 Å².